The van der Waals surface area contributed by atoms with Gasteiger partial charge in [0.25, 0.3) is 0 Å². The number of rotatable bonds is 4. The van der Waals surface area contributed by atoms with Gasteiger partial charge in [-0.3, -0.25) is 0 Å². The molecule has 2 aromatic heterocycles. The lowest BCUT2D eigenvalue weighted by atomic mass is 9.90. The number of allylic oxidation sites excluding steroid dienone is 1. The van der Waals surface area contributed by atoms with Crippen LogP contribution in [0.2, 0.25) is 0 Å². The Morgan fingerprint density at radius 2 is 1.91 bits per heavy atom. The van der Waals surface area contributed by atoms with E-state index in [1.807, 2.05) is 18.2 Å². The summed E-state index contributed by atoms with van der Waals surface area (Å²) in [6.45, 7) is 4.61. The first-order valence-corrected chi connectivity index (χ1v) is 11.2. The molecule has 0 spiro atoms. The summed E-state index contributed by atoms with van der Waals surface area (Å²) in [5, 5.41) is 9.65. The lowest BCUT2D eigenvalue weighted by Crippen LogP contribution is -2.07. The third kappa shape index (κ3) is 3.81. The maximum absolute atomic E-state index is 13.9. The van der Waals surface area contributed by atoms with E-state index in [-0.39, 0.29) is 12.4 Å². The largest absolute Gasteiger partial charge is 0.488 e. The Bertz CT molecular complexity index is 1500. The number of halogens is 2. The molecule has 4 aromatic rings. The van der Waals surface area contributed by atoms with Crippen LogP contribution in [0.4, 0.5) is 8.78 Å². The zero-order chi connectivity index (χ0) is 23.8. The molecule has 0 atom stereocenters. The number of fused-ring (bicyclic) bond motifs is 3. The van der Waals surface area contributed by atoms with Crippen molar-refractivity contribution in [2.24, 2.45) is 0 Å². The minimum absolute atomic E-state index is 0.251. The van der Waals surface area contributed by atoms with Crippen LogP contribution in [0, 0.1) is 23.1 Å². The van der Waals surface area contributed by atoms with Crippen molar-refractivity contribution in [3.63, 3.8) is 0 Å². The molecule has 5 rings (SSSR count). The SMILES string of the molecule is CCCc1nc2nc(F)ccc2n1Cc1ccc2c(c1)COc1cc(F)ccc1/C2=C(\C)C#N. The average Bonchev–Trinajstić information content (AvgIpc) is 3.06. The highest BCUT2D eigenvalue weighted by Gasteiger charge is 2.22. The minimum Gasteiger partial charge on any atom is -0.488 e. The molecule has 1 aliphatic heterocycles. The van der Waals surface area contributed by atoms with Crippen molar-refractivity contribution >= 4 is 16.7 Å². The number of hydrogen-bond acceptors (Lipinski definition) is 4. The lowest BCUT2D eigenvalue weighted by Gasteiger charge is -2.14. The van der Waals surface area contributed by atoms with Gasteiger partial charge in [-0.05, 0) is 60.4 Å². The van der Waals surface area contributed by atoms with E-state index in [0.29, 0.717) is 29.1 Å². The molecule has 0 fully saturated rings. The third-order valence-electron chi connectivity index (χ3n) is 6.05. The number of hydrogen-bond donors (Lipinski definition) is 0. The number of ether oxygens (including phenoxy) is 1. The highest BCUT2D eigenvalue weighted by Crippen LogP contribution is 2.39. The van der Waals surface area contributed by atoms with Crippen molar-refractivity contribution in [2.45, 2.75) is 39.8 Å². The van der Waals surface area contributed by atoms with Crippen LogP contribution in [-0.4, -0.2) is 14.5 Å². The Hall–Kier alpha value is -4.05. The Morgan fingerprint density at radius 3 is 2.71 bits per heavy atom. The highest BCUT2D eigenvalue weighted by atomic mass is 19.1. The molecular weight excluding hydrogens is 434 g/mol. The molecule has 0 bridgehead atoms. The molecule has 0 N–H and O–H groups in total. The zero-order valence-electron chi connectivity index (χ0n) is 18.9. The highest BCUT2D eigenvalue weighted by molar-refractivity contribution is 5.88. The first-order chi connectivity index (χ1) is 16.5. The van der Waals surface area contributed by atoms with Crippen molar-refractivity contribution in [1.82, 2.24) is 14.5 Å². The first kappa shape index (κ1) is 21.8. The predicted molar refractivity (Wildman–Crippen MR) is 125 cm³/mol. The number of pyridine rings is 1. The van der Waals surface area contributed by atoms with Crippen LogP contribution in [0.1, 0.15) is 48.3 Å². The summed E-state index contributed by atoms with van der Waals surface area (Å²) < 4.78 is 35.6. The molecule has 3 heterocycles. The zero-order valence-corrected chi connectivity index (χ0v) is 18.9. The fourth-order valence-electron chi connectivity index (χ4n) is 4.50. The fourth-order valence-corrected chi connectivity index (χ4v) is 4.50. The minimum atomic E-state index is -0.550. The molecule has 0 saturated heterocycles. The van der Waals surface area contributed by atoms with E-state index in [4.69, 9.17) is 4.74 Å². The maximum Gasteiger partial charge on any atom is 0.215 e. The van der Waals surface area contributed by atoms with Gasteiger partial charge in [0.2, 0.25) is 5.95 Å². The summed E-state index contributed by atoms with van der Waals surface area (Å²) in [5.74, 6) is 0.331. The van der Waals surface area contributed by atoms with E-state index in [0.717, 1.165) is 46.4 Å². The standard InChI is InChI=1S/C27H22F2N4O/c1-3-4-25-32-27-22(9-10-24(29)31-27)33(25)14-17-5-7-20-18(11-17)15-34-23-12-19(28)6-8-21(23)26(20)16(2)13-30/h5-12H,3-4,14-15H2,1-2H3/b26-16+. The molecule has 0 aliphatic carbocycles. The molecule has 1 aliphatic rings. The number of benzene rings is 2. The molecule has 5 nitrogen and oxygen atoms in total. The van der Waals surface area contributed by atoms with Crippen LogP contribution >= 0.6 is 0 Å². The smallest absolute Gasteiger partial charge is 0.215 e. The van der Waals surface area contributed by atoms with Crippen LogP contribution in [0.3, 0.4) is 0 Å². The number of imidazole rings is 1. The van der Waals surface area contributed by atoms with Crippen LogP contribution in [0.5, 0.6) is 5.75 Å². The molecule has 0 unspecified atom stereocenters. The van der Waals surface area contributed by atoms with E-state index in [2.05, 4.69) is 27.5 Å². The average molecular weight is 456 g/mol. The quantitative estimate of drug-likeness (QED) is 0.281. The lowest BCUT2D eigenvalue weighted by molar-refractivity contribution is 0.305. The van der Waals surface area contributed by atoms with Crippen molar-refractivity contribution in [1.29, 1.82) is 5.26 Å². The van der Waals surface area contributed by atoms with Crippen LogP contribution in [0.25, 0.3) is 16.7 Å². The summed E-state index contributed by atoms with van der Waals surface area (Å²) in [6.07, 6.45) is 1.65. The van der Waals surface area contributed by atoms with Crippen molar-refractivity contribution in [2.75, 3.05) is 0 Å². The molecule has 0 saturated carbocycles. The topological polar surface area (TPSA) is 63.7 Å². The van der Waals surface area contributed by atoms with E-state index in [1.165, 1.54) is 18.2 Å². The predicted octanol–water partition coefficient (Wildman–Crippen LogP) is 5.95. The maximum atomic E-state index is 13.9. The summed E-state index contributed by atoms with van der Waals surface area (Å²) in [6, 6.07) is 15.7. The Labute approximate surface area is 196 Å². The summed E-state index contributed by atoms with van der Waals surface area (Å²) in [7, 11) is 0. The van der Waals surface area contributed by atoms with Gasteiger partial charge < -0.3 is 9.30 Å². The van der Waals surface area contributed by atoms with Gasteiger partial charge in [0.15, 0.2) is 5.65 Å². The summed E-state index contributed by atoms with van der Waals surface area (Å²) in [5.41, 5.74) is 5.96. The van der Waals surface area contributed by atoms with Gasteiger partial charge in [-0.1, -0.05) is 19.1 Å². The Kier molecular flexibility index (Phi) is 5.58. The monoisotopic (exact) mass is 456 g/mol. The van der Waals surface area contributed by atoms with Gasteiger partial charge in [-0.2, -0.15) is 14.6 Å². The number of nitrogens with zero attached hydrogens (tertiary/aromatic N) is 4. The Balaban J connectivity index is 1.60. The molecule has 34 heavy (non-hydrogen) atoms. The van der Waals surface area contributed by atoms with Gasteiger partial charge in [-0.25, -0.2) is 9.37 Å². The van der Waals surface area contributed by atoms with E-state index >= 15 is 0 Å². The van der Waals surface area contributed by atoms with Crippen molar-refractivity contribution in [3.05, 3.63) is 93.9 Å². The molecule has 7 heteroatoms. The van der Waals surface area contributed by atoms with E-state index < -0.39 is 5.95 Å². The van der Waals surface area contributed by atoms with Crippen LogP contribution in [-0.2, 0) is 19.6 Å². The van der Waals surface area contributed by atoms with Gasteiger partial charge in [-0.15, -0.1) is 0 Å². The summed E-state index contributed by atoms with van der Waals surface area (Å²) >= 11 is 0. The van der Waals surface area contributed by atoms with E-state index in [9.17, 15) is 14.0 Å². The molecular formula is C27H22F2N4O. The van der Waals surface area contributed by atoms with Crippen molar-refractivity contribution in [3.8, 4) is 11.8 Å². The Morgan fingerprint density at radius 1 is 1.09 bits per heavy atom. The number of aromatic nitrogens is 3. The van der Waals surface area contributed by atoms with Crippen LogP contribution in [0.15, 0.2) is 54.1 Å². The van der Waals surface area contributed by atoms with Crippen LogP contribution < -0.4 is 4.74 Å². The fraction of sp³-hybridized carbons (Fsp3) is 0.222. The number of aryl methyl sites for hydroxylation is 1. The first-order valence-electron chi connectivity index (χ1n) is 11.2. The van der Waals surface area contributed by atoms with Crippen molar-refractivity contribution < 1.29 is 13.5 Å². The molecule has 0 radical (unpaired) electrons. The molecule has 0 amide bonds. The van der Waals surface area contributed by atoms with Gasteiger partial charge in [0.1, 0.15) is 24.0 Å². The molecule has 2 aromatic carbocycles. The molecule has 170 valence electrons. The van der Waals surface area contributed by atoms with Gasteiger partial charge in [0.05, 0.1) is 11.6 Å². The second-order valence-electron chi connectivity index (χ2n) is 8.37. The number of nitriles is 1. The summed E-state index contributed by atoms with van der Waals surface area (Å²) in [4.78, 5) is 8.50. The third-order valence-corrected chi connectivity index (χ3v) is 6.05. The second-order valence-corrected chi connectivity index (χ2v) is 8.37. The normalized spacial score (nSPS) is 14.1. The van der Waals surface area contributed by atoms with E-state index in [1.54, 1.807) is 19.1 Å². The van der Waals surface area contributed by atoms with Gasteiger partial charge >= 0.3 is 0 Å². The second kappa shape index (κ2) is 8.71. The van der Waals surface area contributed by atoms with Gasteiger partial charge in [0, 0.05) is 35.7 Å².